The van der Waals surface area contributed by atoms with E-state index in [1.165, 1.54) is 6.92 Å². The Morgan fingerprint density at radius 3 is 2.75 bits per heavy atom. The van der Waals surface area contributed by atoms with Gasteiger partial charge in [-0.15, -0.1) is 0 Å². The molecule has 1 N–H and O–H groups in total. The Balaban J connectivity index is 1.51. The van der Waals surface area contributed by atoms with Gasteiger partial charge < -0.3 is 19.7 Å². The number of fused-ring (bicyclic) bond motifs is 4. The Labute approximate surface area is 196 Å². The second kappa shape index (κ2) is 8.86. The van der Waals surface area contributed by atoms with Crippen molar-refractivity contribution in [1.29, 1.82) is 0 Å². The van der Waals surface area contributed by atoms with E-state index in [1.54, 1.807) is 0 Å². The number of carbonyl (C=O) groups excluding carboxylic acids is 2. The number of hydrogen-bond donors (Lipinski definition) is 1. The summed E-state index contributed by atoms with van der Waals surface area (Å²) in [5.41, 5.74) is 0.653. The van der Waals surface area contributed by atoms with E-state index < -0.39 is 6.04 Å². The molecule has 3 aliphatic rings. The van der Waals surface area contributed by atoms with Gasteiger partial charge in [0.05, 0.1) is 12.2 Å². The fourth-order valence-electron chi connectivity index (χ4n) is 5.64. The second-order valence-electron chi connectivity index (χ2n) is 10.5. The molecule has 0 saturated carbocycles. The van der Waals surface area contributed by atoms with Crippen molar-refractivity contribution >= 4 is 23.4 Å². The van der Waals surface area contributed by atoms with E-state index in [1.807, 2.05) is 23.1 Å². The van der Waals surface area contributed by atoms with Crippen molar-refractivity contribution in [3.05, 3.63) is 28.8 Å². The fraction of sp³-hybridized carbons (Fsp3) is 0.680. The molecule has 0 spiro atoms. The lowest BCUT2D eigenvalue weighted by molar-refractivity contribution is -0.189. The summed E-state index contributed by atoms with van der Waals surface area (Å²) < 4.78 is 13.0. The monoisotopic (exact) mass is 462 g/mol. The summed E-state index contributed by atoms with van der Waals surface area (Å²) >= 11 is 6.29. The van der Waals surface area contributed by atoms with Crippen molar-refractivity contribution in [2.24, 2.45) is 17.8 Å². The van der Waals surface area contributed by atoms with Gasteiger partial charge in [0.15, 0.2) is 0 Å². The van der Waals surface area contributed by atoms with Crippen LogP contribution >= 0.6 is 11.6 Å². The van der Waals surface area contributed by atoms with Crippen molar-refractivity contribution in [2.45, 2.75) is 77.7 Å². The summed E-state index contributed by atoms with van der Waals surface area (Å²) in [5, 5.41) is 3.55. The van der Waals surface area contributed by atoms with Crippen LogP contribution in [0.1, 0.15) is 65.5 Å². The average molecular weight is 463 g/mol. The SMILES string of the molecule is CC(=O)N[C@H](CC(C)C)C(=O)N1CC[C@@H]2O[C@@H]3c4cc(Cl)ccc4OC(C)(C)[C@H]3C[C@@H]2C1. The van der Waals surface area contributed by atoms with E-state index in [0.29, 0.717) is 30.5 Å². The van der Waals surface area contributed by atoms with Gasteiger partial charge in [-0.1, -0.05) is 25.4 Å². The third kappa shape index (κ3) is 4.62. The first-order valence-electron chi connectivity index (χ1n) is 11.7. The Bertz CT molecular complexity index is 887. The number of nitrogens with one attached hydrogen (secondary N) is 1. The van der Waals surface area contributed by atoms with Crippen LogP contribution in [0.2, 0.25) is 5.02 Å². The maximum absolute atomic E-state index is 13.3. The Morgan fingerprint density at radius 1 is 1.31 bits per heavy atom. The van der Waals surface area contributed by atoms with E-state index in [2.05, 4.69) is 33.0 Å². The third-order valence-electron chi connectivity index (χ3n) is 7.15. The lowest BCUT2D eigenvalue weighted by Crippen LogP contribution is -2.58. The quantitative estimate of drug-likeness (QED) is 0.722. The van der Waals surface area contributed by atoms with Crippen LogP contribution in [0.3, 0.4) is 0 Å². The molecule has 4 rings (SSSR count). The van der Waals surface area contributed by atoms with Gasteiger partial charge in [0.25, 0.3) is 0 Å². The Hall–Kier alpha value is -1.79. The molecule has 0 radical (unpaired) electrons. The number of carbonyl (C=O) groups is 2. The van der Waals surface area contributed by atoms with Gasteiger partial charge in [-0.2, -0.15) is 0 Å². The molecule has 3 aliphatic heterocycles. The molecule has 0 aromatic heterocycles. The molecular formula is C25H35ClN2O4. The molecule has 2 fully saturated rings. The Morgan fingerprint density at radius 2 is 2.06 bits per heavy atom. The first-order valence-corrected chi connectivity index (χ1v) is 12.1. The Kier molecular flexibility index (Phi) is 6.47. The van der Waals surface area contributed by atoms with Gasteiger partial charge in [-0.25, -0.2) is 0 Å². The van der Waals surface area contributed by atoms with Crippen LogP contribution in [0, 0.1) is 17.8 Å². The van der Waals surface area contributed by atoms with E-state index >= 15 is 0 Å². The molecule has 0 aliphatic carbocycles. The predicted octanol–water partition coefficient (Wildman–Crippen LogP) is 4.36. The molecule has 3 heterocycles. The molecule has 7 heteroatoms. The van der Waals surface area contributed by atoms with Gasteiger partial charge >= 0.3 is 0 Å². The van der Waals surface area contributed by atoms with E-state index in [9.17, 15) is 9.59 Å². The summed E-state index contributed by atoms with van der Waals surface area (Å²) in [6, 6.07) is 5.29. The first kappa shape index (κ1) is 23.4. The largest absolute Gasteiger partial charge is 0.487 e. The summed E-state index contributed by atoms with van der Waals surface area (Å²) in [4.78, 5) is 26.9. The van der Waals surface area contributed by atoms with Crippen LogP contribution in [0.15, 0.2) is 18.2 Å². The minimum absolute atomic E-state index is 0.0192. The molecule has 1 aromatic rings. The normalized spacial score (nSPS) is 29.3. The summed E-state index contributed by atoms with van der Waals surface area (Å²) in [7, 11) is 0. The lowest BCUT2D eigenvalue weighted by atomic mass is 9.70. The highest BCUT2D eigenvalue weighted by atomic mass is 35.5. The van der Waals surface area contributed by atoms with Gasteiger partial charge in [-0.3, -0.25) is 9.59 Å². The smallest absolute Gasteiger partial charge is 0.245 e. The van der Waals surface area contributed by atoms with Crippen LogP contribution in [0.25, 0.3) is 0 Å². The van der Waals surface area contributed by atoms with E-state index in [4.69, 9.17) is 21.1 Å². The lowest BCUT2D eigenvalue weighted by Gasteiger charge is -2.53. The summed E-state index contributed by atoms with van der Waals surface area (Å²) in [6.45, 7) is 11.1. The zero-order chi connectivity index (χ0) is 23.2. The maximum atomic E-state index is 13.3. The number of rotatable bonds is 4. The minimum Gasteiger partial charge on any atom is -0.487 e. The van der Waals surface area contributed by atoms with Crippen LogP contribution in [-0.4, -0.2) is 47.6 Å². The molecule has 176 valence electrons. The number of nitrogens with zero attached hydrogens (tertiary/aromatic N) is 1. The highest BCUT2D eigenvalue weighted by Crippen LogP contribution is 2.53. The summed E-state index contributed by atoms with van der Waals surface area (Å²) in [5.74, 6) is 1.44. The second-order valence-corrected chi connectivity index (χ2v) is 11.0. The van der Waals surface area contributed by atoms with Crippen LogP contribution in [0.4, 0.5) is 0 Å². The molecule has 0 unspecified atom stereocenters. The number of halogens is 1. The topological polar surface area (TPSA) is 67.9 Å². The number of amides is 2. The summed E-state index contributed by atoms with van der Waals surface area (Å²) in [6.07, 6.45) is 2.41. The number of likely N-dealkylation sites (tertiary alicyclic amines) is 1. The van der Waals surface area contributed by atoms with Crippen molar-refractivity contribution in [2.75, 3.05) is 13.1 Å². The molecule has 2 saturated heterocycles. The highest BCUT2D eigenvalue weighted by Gasteiger charge is 2.51. The average Bonchev–Trinajstić information content (AvgIpc) is 2.71. The number of ether oxygens (including phenoxy) is 2. The molecule has 6 nitrogen and oxygen atoms in total. The number of piperidine rings is 1. The van der Waals surface area contributed by atoms with Crippen molar-refractivity contribution in [1.82, 2.24) is 10.2 Å². The molecular weight excluding hydrogens is 428 g/mol. The van der Waals surface area contributed by atoms with Gasteiger partial charge in [0.1, 0.15) is 17.4 Å². The van der Waals surface area contributed by atoms with Gasteiger partial charge in [0.2, 0.25) is 11.8 Å². The number of hydrogen-bond acceptors (Lipinski definition) is 4. The van der Waals surface area contributed by atoms with Crippen LogP contribution in [-0.2, 0) is 14.3 Å². The maximum Gasteiger partial charge on any atom is 0.245 e. The van der Waals surface area contributed by atoms with Crippen LogP contribution in [0.5, 0.6) is 5.75 Å². The zero-order valence-corrected chi connectivity index (χ0v) is 20.4. The van der Waals surface area contributed by atoms with Crippen LogP contribution < -0.4 is 10.1 Å². The van der Waals surface area contributed by atoms with Crippen molar-refractivity contribution < 1.29 is 19.1 Å². The van der Waals surface area contributed by atoms with E-state index in [0.717, 1.165) is 24.2 Å². The van der Waals surface area contributed by atoms with Gasteiger partial charge in [-0.05, 0) is 57.2 Å². The molecule has 5 atom stereocenters. The molecule has 32 heavy (non-hydrogen) atoms. The van der Waals surface area contributed by atoms with E-state index in [-0.39, 0.29) is 41.5 Å². The standard InChI is InChI=1S/C25H35ClN2O4/c1-14(2)10-20(27-15(3)29)24(30)28-9-8-21-16(13-28)11-19-23(31-21)18-12-17(26)6-7-22(18)32-25(19,4)5/h6-7,12,14,16,19-21,23H,8-11,13H2,1-5H3,(H,27,29)/t16-,19+,20-,21+,23-/m1/s1. The van der Waals surface area contributed by atoms with Crippen molar-refractivity contribution in [3.8, 4) is 5.75 Å². The highest BCUT2D eigenvalue weighted by molar-refractivity contribution is 6.30. The fourth-order valence-corrected chi connectivity index (χ4v) is 5.82. The number of benzene rings is 1. The predicted molar refractivity (Wildman–Crippen MR) is 124 cm³/mol. The minimum atomic E-state index is -0.468. The molecule has 2 amide bonds. The van der Waals surface area contributed by atoms with Gasteiger partial charge in [0, 0.05) is 42.4 Å². The third-order valence-corrected chi connectivity index (χ3v) is 7.38. The molecule has 1 aromatic carbocycles. The molecule has 0 bridgehead atoms. The van der Waals surface area contributed by atoms with Crippen molar-refractivity contribution in [3.63, 3.8) is 0 Å². The zero-order valence-electron chi connectivity index (χ0n) is 19.7. The first-order chi connectivity index (χ1) is 15.0.